The van der Waals surface area contributed by atoms with Crippen molar-refractivity contribution < 1.29 is 4.74 Å². The maximum Gasteiger partial charge on any atom is 0.191 e. The molecule has 0 bridgehead atoms. The molecule has 0 aliphatic rings. The van der Waals surface area contributed by atoms with E-state index in [1.807, 2.05) is 12.1 Å². The number of guanidine groups is 1. The van der Waals surface area contributed by atoms with Gasteiger partial charge in [0.1, 0.15) is 12.4 Å². The van der Waals surface area contributed by atoms with Gasteiger partial charge < -0.3 is 15.4 Å². The number of ether oxygens (including phenoxy) is 1. The minimum absolute atomic E-state index is 0.415. The van der Waals surface area contributed by atoms with Gasteiger partial charge in [-0.25, -0.2) is 0 Å². The van der Waals surface area contributed by atoms with Gasteiger partial charge in [0.05, 0.1) is 12.7 Å². The molecular weight excluding hydrogens is 264 g/mol. The van der Waals surface area contributed by atoms with Crippen molar-refractivity contribution in [2.45, 2.75) is 39.7 Å². The zero-order valence-electron chi connectivity index (χ0n) is 13.6. The lowest BCUT2D eigenvalue weighted by atomic mass is 10.0. The molecule has 5 heteroatoms. The summed E-state index contributed by atoms with van der Waals surface area (Å²) >= 11 is 0. The maximum atomic E-state index is 5.58. The van der Waals surface area contributed by atoms with Crippen LogP contribution in [0.25, 0.3) is 0 Å². The summed E-state index contributed by atoms with van der Waals surface area (Å²) in [4.78, 5) is 8.23. The molecule has 1 rings (SSSR count). The lowest BCUT2D eigenvalue weighted by molar-refractivity contribution is 0.320. The highest BCUT2D eigenvalue weighted by Gasteiger charge is 2.06. The van der Waals surface area contributed by atoms with E-state index in [9.17, 15) is 0 Å². The second kappa shape index (κ2) is 10.0. The second-order valence-corrected chi connectivity index (χ2v) is 5.55. The molecule has 118 valence electrons. The smallest absolute Gasteiger partial charge is 0.191 e. The Balaban J connectivity index is 2.19. The molecule has 1 heterocycles. The molecule has 0 fully saturated rings. The van der Waals surface area contributed by atoms with Gasteiger partial charge in [0.2, 0.25) is 0 Å². The Morgan fingerprint density at radius 3 is 2.76 bits per heavy atom. The molecule has 0 spiro atoms. The van der Waals surface area contributed by atoms with Gasteiger partial charge in [-0.05, 0) is 37.8 Å². The Labute approximate surface area is 128 Å². The predicted molar refractivity (Wildman–Crippen MR) is 87.8 cm³/mol. The summed E-state index contributed by atoms with van der Waals surface area (Å²) in [6, 6.07) is 4.17. The van der Waals surface area contributed by atoms with E-state index in [2.05, 4.69) is 41.4 Å². The molecule has 2 N–H and O–H groups in total. The topological polar surface area (TPSA) is 58.5 Å². The average Bonchev–Trinajstić information content (AvgIpc) is 2.49. The molecule has 0 aliphatic heterocycles. The van der Waals surface area contributed by atoms with Gasteiger partial charge in [-0.3, -0.25) is 9.98 Å². The van der Waals surface area contributed by atoms with Crippen LogP contribution in [0, 0.1) is 5.92 Å². The van der Waals surface area contributed by atoms with Crippen LogP contribution in [0.1, 0.15) is 33.6 Å². The Hall–Kier alpha value is -1.78. The van der Waals surface area contributed by atoms with Crippen molar-refractivity contribution in [3.05, 3.63) is 24.5 Å². The highest BCUT2D eigenvalue weighted by molar-refractivity contribution is 5.79. The zero-order valence-corrected chi connectivity index (χ0v) is 13.6. The van der Waals surface area contributed by atoms with Crippen LogP contribution in [-0.4, -0.2) is 37.2 Å². The number of nitrogens with zero attached hydrogens (tertiary/aromatic N) is 2. The number of aromatic nitrogens is 1. The minimum atomic E-state index is 0.415. The number of pyridine rings is 1. The van der Waals surface area contributed by atoms with Gasteiger partial charge in [0, 0.05) is 19.3 Å². The quantitative estimate of drug-likeness (QED) is 0.439. The standard InChI is InChI=1S/C16H28N4O/c1-13(2)7-8-14(3)20-16(17-4)19-10-11-21-15-6-5-9-18-12-15/h5-6,9,12-14H,7-8,10-11H2,1-4H3,(H2,17,19,20). The number of hydrogen-bond donors (Lipinski definition) is 2. The van der Waals surface area contributed by atoms with Gasteiger partial charge in [0.25, 0.3) is 0 Å². The predicted octanol–water partition coefficient (Wildman–Crippen LogP) is 2.45. The Morgan fingerprint density at radius 1 is 1.33 bits per heavy atom. The normalized spacial score (nSPS) is 13.1. The van der Waals surface area contributed by atoms with Crippen molar-refractivity contribution in [1.29, 1.82) is 0 Å². The molecule has 1 atom stereocenters. The molecule has 1 aromatic rings. The van der Waals surface area contributed by atoms with Crippen molar-refractivity contribution in [3.63, 3.8) is 0 Å². The van der Waals surface area contributed by atoms with Crippen LogP contribution >= 0.6 is 0 Å². The van der Waals surface area contributed by atoms with Crippen LogP contribution in [0.5, 0.6) is 5.75 Å². The number of aliphatic imine (C=N–C) groups is 1. The number of rotatable bonds is 8. The van der Waals surface area contributed by atoms with Crippen LogP contribution in [0.3, 0.4) is 0 Å². The molecule has 0 aliphatic carbocycles. The Bertz CT molecular complexity index is 406. The van der Waals surface area contributed by atoms with E-state index in [4.69, 9.17) is 4.74 Å². The lowest BCUT2D eigenvalue weighted by Gasteiger charge is -2.18. The summed E-state index contributed by atoms with van der Waals surface area (Å²) in [7, 11) is 1.78. The maximum absolute atomic E-state index is 5.58. The van der Waals surface area contributed by atoms with Gasteiger partial charge in [-0.15, -0.1) is 0 Å². The molecular formula is C16H28N4O. The van der Waals surface area contributed by atoms with Crippen molar-refractivity contribution in [1.82, 2.24) is 15.6 Å². The van der Waals surface area contributed by atoms with Crippen LogP contribution < -0.4 is 15.4 Å². The molecule has 0 radical (unpaired) electrons. The van der Waals surface area contributed by atoms with Gasteiger partial charge in [-0.2, -0.15) is 0 Å². The van der Waals surface area contributed by atoms with E-state index >= 15 is 0 Å². The fourth-order valence-electron chi connectivity index (χ4n) is 1.85. The third kappa shape index (κ3) is 8.17. The first-order chi connectivity index (χ1) is 10.1. The van der Waals surface area contributed by atoms with Gasteiger partial charge in [0.15, 0.2) is 5.96 Å². The minimum Gasteiger partial charge on any atom is -0.490 e. The largest absolute Gasteiger partial charge is 0.490 e. The fourth-order valence-corrected chi connectivity index (χ4v) is 1.85. The molecule has 0 saturated heterocycles. The van der Waals surface area contributed by atoms with E-state index in [1.165, 1.54) is 6.42 Å². The van der Waals surface area contributed by atoms with Crippen molar-refractivity contribution in [2.24, 2.45) is 10.9 Å². The molecule has 21 heavy (non-hydrogen) atoms. The van der Waals surface area contributed by atoms with E-state index in [-0.39, 0.29) is 0 Å². The highest BCUT2D eigenvalue weighted by Crippen LogP contribution is 2.06. The second-order valence-electron chi connectivity index (χ2n) is 5.55. The van der Waals surface area contributed by atoms with E-state index in [1.54, 1.807) is 19.4 Å². The summed E-state index contributed by atoms with van der Waals surface area (Å²) in [5, 5.41) is 6.64. The average molecular weight is 292 g/mol. The molecule has 1 aromatic heterocycles. The van der Waals surface area contributed by atoms with E-state index in [0.717, 1.165) is 24.0 Å². The summed E-state index contributed by atoms with van der Waals surface area (Å²) in [6.07, 6.45) is 5.80. The first kappa shape index (κ1) is 17.3. The third-order valence-corrected chi connectivity index (χ3v) is 3.08. The number of nitrogens with one attached hydrogen (secondary N) is 2. The molecule has 0 saturated carbocycles. The van der Waals surface area contributed by atoms with E-state index < -0.39 is 0 Å². The fraction of sp³-hybridized carbons (Fsp3) is 0.625. The first-order valence-electron chi connectivity index (χ1n) is 7.61. The summed E-state index contributed by atoms with van der Waals surface area (Å²) in [5.74, 6) is 2.34. The third-order valence-electron chi connectivity index (χ3n) is 3.08. The summed E-state index contributed by atoms with van der Waals surface area (Å²) in [5.41, 5.74) is 0. The van der Waals surface area contributed by atoms with Crippen LogP contribution in [0.4, 0.5) is 0 Å². The van der Waals surface area contributed by atoms with Crippen molar-refractivity contribution in [2.75, 3.05) is 20.2 Å². The van der Waals surface area contributed by atoms with Crippen molar-refractivity contribution >= 4 is 5.96 Å². The Morgan fingerprint density at radius 2 is 2.14 bits per heavy atom. The summed E-state index contributed by atoms with van der Waals surface area (Å²) in [6.45, 7) is 7.95. The van der Waals surface area contributed by atoms with Crippen LogP contribution in [0.2, 0.25) is 0 Å². The van der Waals surface area contributed by atoms with Crippen LogP contribution in [-0.2, 0) is 0 Å². The lowest BCUT2D eigenvalue weighted by Crippen LogP contribution is -2.43. The highest BCUT2D eigenvalue weighted by atomic mass is 16.5. The van der Waals surface area contributed by atoms with Crippen LogP contribution in [0.15, 0.2) is 29.5 Å². The molecule has 0 aromatic carbocycles. The van der Waals surface area contributed by atoms with E-state index in [0.29, 0.717) is 19.2 Å². The van der Waals surface area contributed by atoms with Crippen molar-refractivity contribution in [3.8, 4) is 5.75 Å². The van der Waals surface area contributed by atoms with Gasteiger partial charge >= 0.3 is 0 Å². The molecule has 0 amide bonds. The number of hydrogen-bond acceptors (Lipinski definition) is 3. The molecule has 1 unspecified atom stereocenters. The first-order valence-corrected chi connectivity index (χ1v) is 7.61. The SMILES string of the molecule is CN=C(NCCOc1cccnc1)NC(C)CCC(C)C. The van der Waals surface area contributed by atoms with Gasteiger partial charge in [-0.1, -0.05) is 13.8 Å². The summed E-state index contributed by atoms with van der Waals surface area (Å²) < 4.78 is 5.58. The Kier molecular flexibility index (Phi) is 8.24. The zero-order chi connectivity index (χ0) is 15.5. The monoisotopic (exact) mass is 292 g/mol. The molecule has 5 nitrogen and oxygen atoms in total.